The van der Waals surface area contributed by atoms with Gasteiger partial charge in [-0.2, -0.15) is 0 Å². The second-order valence-corrected chi connectivity index (χ2v) is 6.97. The number of carbonyl (C=O) groups excluding carboxylic acids is 1. The maximum absolute atomic E-state index is 12.3. The number of hydrogen-bond acceptors (Lipinski definition) is 3. The van der Waals surface area contributed by atoms with Gasteiger partial charge in [-0.25, -0.2) is 4.79 Å². The topological polar surface area (TPSA) is 44.8 Å². The number of rotatable bonds is 5. The fourth-order valence-electron chi connectivity index (χ4n) is 3.33. The van der Waals surface area contributed by atoms with Gasteiger partial charge in [0, 0.05) is 50.9 Å². The van der Waals surface area contributed by atoms with Gasteiger partial charge in [-0.05, 0) is 37.0 Å². The zero-order valence-electron chi connectivity index (χ0n) is 14.0. The lowest BCUT2D eigenvalue weighted by atomic mass is 10.1. The average molecular weight is 352 g/mol. The maximum Gasteiger partial charge on any atom is 0.317 e. The van der Waals surface area contributed by atoms with Crippen molar-refractivity contribution in [3.63, 3.8) is 0 Å². The van der Waals surface area contributed by atoms with E-state index in [9.17, 15) is 4.79 Å². The van der Waals surface area contributed by atoms with Crippen molar-refractivity contribution in [1.82, 2.24) is 15.1 Å². The van der Waals surface area contributed by atoms with Crippen LogP contribution in [-0.2, 0) is 11.2 Å². The molecule has 0 aromatic heterocycles. The van der Waals surface area contributed by atoms with Gasteiger partial charge >= 0.3 is 6.03 Å². The molecule has 1 unspecified atom stereocenters. The number of piperazine rings is 1. The van der Waals surface area contributed by atoms with Crippen molar-refractivity contribution in [3.8, 4) is 0 Å². The van der Waals surface area contributed by atoms with Gasteiger partial charge < -0.3 is 15.0 Å². The zero-order valence-corrected chi connectivity index (χ0v) is 14.8. The molecule has 1 aromatic rings. The molecule has 2 aliphatic rings. The molecule has 2 saturated heterocycles. The summed E-state index contributed by atoms with van der Waals surface area (Å²) >= 11 is 5.97. The van der Waals surface area contributed by atoms with Crippen LogP contribution in [0.15, 0.2) is 24.3 Å². The number of benzene rings is 1. The highest BCUT2D eigenvalue weighted by Crippen LogP contribution is 2.14. The summed E-state index contributed by atoms with van der Waals surface area (Å²) in [6, 6.07) is 7.81. The van der Waals surface area contributed by atoms with Crippen molar-refractivity contribution in [2.75, 3.05) is 45.9 Å². The van der Waals surface area contributed by atoms with Gasteiger partial charge in [-0.3, -0.25) is 4.90 Å². The molecule has 2 aliphatic heterocycles. The lowest BCUT2D eigenvalue weighted by molar-refractivity contribution is 0.0561. The minimum Gasteiger partial charge on any atom is -0.377 e. The largest absolute Gasteiger partial charge is 0.377 e. The smallest absolute Gasteiger partial charge is 0.317 e. The lowest BCUT2D eigenvalue weighted by Gasteiger charge is -2.35. The molecule has 0 bridgehead atoms. The first-order chi connectivity index (χ1) is 11.7. The summed E-state index contributed by atoms with van der Waals surface area (Å²) < 4.78 is 5.69. The molecule has 2 amide bonds. The highest BCUT2D eigenvalue weighted by molar-refractivity contribution is 6.30. The summed E-state index contributed by atoms with van der Waals surface area (Å²) in [6.07, 6.45) is 3.54. The molecule has 132 valence electrons. The Balaban J connectivity index is 1.34. The van der Waals surface area contributed by atoms with Gasteiger partial charge in [-0.1, -0.05) is 23.7 Å². The number of amides is 2. The molecule has 2 fully saturated rings. The van der Waals surface area contributed by atoms with E-state index in [-0.39, 0.29) is 6.03 Å². The number of hydrogen-bond donors (Lipinski definition) is 1. The van der Waals surface area contributed by atoms with E-state index in [4.69, 9.17) is 16.3 Å². The molecule has 1 aromatic carbocycles. The van der Waals surface area contributed by atoms with Gasteiger partial charge in [0.15, 0.2) is 0 Å². The van der Waals surface area contributed by atoms with Crippen LogP contribution in [0.2, 0.25) is 5.02 Å². The normalized spacial score (nSPS) is 21.9. The Morgan fingerprint density at radius 2 is 2.12 bits per heavy atom. The lowest BCUT2D eigenvalue weighted by Crippen LogP contribution is -2.53. The van der Waals surface area contributed by atoms with Gasteiger partial charge in [0.05, 0.1) is 6.10 Å². The standard InChI is InChI=1S/C18H26ClN3O2/c19-16-4-1-3-15(13-16)6-7-20-18(23)22-10-8-21(9-11-22)14-17-5-2-12-24-17/h1,3-4,13,17H,2,5-12,14H2,(H,20,23). The van der Waals surface area contributed by atoms with Gasteiger partial charge in [0.25, 0.3) is 0 Å². The van der Waals surface area contributed by atoms with Crippen LogP contribution >= 0.6 is 11.6 Å². The van der Waals surface area contributed by atoms with E-state index < -0.39 is 0 Å². The molecule has 1 atom stereocenters. The van der Waals surface area contributed by atoms with Crippen LogP contribution in [0.1, 0.15) is 18.4 Å². The van der Waals surface area contributed by atoms with E-state index in [1.165, 1.54) is 12.8 Å². The Bertz CT molecular complexity index is 541. The van der Waals surface area contributed by atoms with E-state index in [0.29, 0.717) is 12.6 Å². The summed E-state index contributed by atoms with van der Waals surface area (Å²) in [6.45, 7) is 5.98. The number of nitrogens with zero attached hydrogens (tertiary/aromatic N) is 2. The van der Waals surface area contributed by atoms with Gasteiger partial charge in [-0.15, -0.1) is 0 Å². The minimum atomic E-state index is 0.0359. The Labute approximate surface area is 148 Å². The number of ether oxygens (including phenoxy) is 1. The van der Waals surface area contributed by atoms with Crippen molar-refractivity contribution in [1.29, 1.82) is 0 Å². The van der Waals surface area contributed by atoms with Crippen LogP contribution < -0.4 is 5.32 Å². The molecular weight excluding hydrogens is 326 g/mol. The van der Waals surface area contributed by atoms with E-state index >= 15 is 0 Å². The van der Waals surface area contributed by atoms with Gasteiger partial charge in [0.1, 0.15) is 0 Å². The van der Waals surface area contributed by atoms with E-state index in [1.54, 1.807) is 0 Å². The molecule has 0 saturated carbocycles. The Morgan fingerprint density at radius 1 is 1.29 bits per heavy atom. The third kappa shape index (κ3) is 5.10. The average Bonchev–Trinajstić information content (AvgIpc) is 3.08. The summed E-state index contributed by atoms with van der Waals surface area (Å²) in [5.41, 5.74) is 1.14. The number of urea groups is 1. The second-order valence-electron chi connectivity index (χ2n) is 6.53. The fraction of sp³-hybridized carbons (Fsp3) is 0.611. The fourth-order valence-corrected chi connectivity index (χ4v) is 3.54. The first-order valence-corrected chi connectivity index (χ1v) is 9.20. The number of carbonyl (C=O) groups is 1. The van der Waals surface area contributed by atoms with Crippen molar-refractivity contribution in [2.45, 2.75) is 25.4 Å². The minimum absolute atomic E-state index is 0.0359. The summed E-state index contributed by atoms with van der Waals surface area (Å²) in [4.78, 5) is 16.6. The van der Waals surface area contributed by atoms with Crippen molar-refractivity contribution in [2.24, 2.45) is 0 Å². The predicted molar refractivity (Wildman–Crippen MR) is 95.5 cm³/mol. The van der Waals surface area contributed by atoms with Crippen molar-refractivity contribution in [3.05, 3.63) is 34.9 Å². The summed E-state index contributed by atoms with van der Waals surface area (Å²) in [5, 5.41) is 3.75. The Morgan fingerprint density at radius 3 is 2.83 bits per heavy atom. The predicted octanol–water partition coefficient (Wildman–Crippen LogP) is 2.39. The first-order valence-electron chi connectivity index (χ1n) is 8.82. The number of nitrogens with one attached hydrogen (secondary N) is 1. The second kappa shape index (κ2) is 8.70. The van der Waals surface area contributed by atoms with Crippen LogP contribution in [0, 0.1) is 0 Å². The first kappa shape index (κ1) is 17.5. The molecule has 3 rings (SSSR count). The Hall–Kier alpha value is -1.30. The van der Waals surface area contributed by atoms with E-state index in [2.05, 4.69) is 10.2 Å². The number of halogens is 1. The highest BCUT2D eigenvalue weighted by Gasteiger charge is 2.24. The third-order valence-corrected chi connectivity index (χ3v) is 4.96. The maximum atomic E-state index is 12.3. The van der Waals surface area contributed by atoms with Crippen molar-refractivity contribution < 1.29 is 9.53 Å². The molecule has 0 aliphatic carbocycles. The van der Waals surface area contributed by atoms with Crippen LogP contribution in [-0.4, -0.2) is 67.8 Å². The van der Waals surface area contributed by atoms with Crippen LogP contribution in [0.5, 0.6) is 0 Å². The van der Waals surface area contributed by atoms with Crippen molar-refractivity contribution >= 4 is 17.6 Å². The molecule has 6 heteroatoms. The highest BCUT2D eigenvalue weighted by atomic mass is 35.5. The van der Waals surface area contributed by atoms with Crippen LogP contribution in [0.3, 0.4) is 0 Å². The van der Waals surface area contributed by atoms with E-state index in [0.717, 1.165) is 56.3 Å². The quantitative estimate of drug-likeness (QED) is 0.886. The van der Waals surface area contributed by atoms with E-state index in [1.807, 2.05) is 29.2 Å². The SMILES string of the molecule is O=C(NCCc1cccc(Cl)c1)N1CCN(CC2CCCO2)CC1. The molecule has 24 heavy (non-hydrogen) atoms. The molecular formula is C18H26ClN3O2. The van der Waals surface area contributed by atoms with Crippen LogP contribution in [0.4, 0.5) is 4.79 Å². The summed E-state index contributed by atoms with van der Waals surface area (Å²) in [7, 11) is 0. The summed E-state index contributed by atoms with van der Waals surface area (Å²) in [5.74, 6) is 0. The molecule has 1 N–H and O–H groups in total. The molecule has 0 spiro atoms. The molecule has 2 heterocycles. The van der Waals surface area contributed by atoms with Crippen LogP contribution in [0.25, 0.3) is 0 Å². The zero-order chi connectivity index (χ0) is 16.8. The third-order valence-electron chi connectivity index (χ3n) is 4.72. The molecule has 5 nitrogen and oxygen atoms in total. The monoisotopic (exact) mass is 351 g/mol. The molecule has 0 radical (unpaired) electrons. The van der Waals surface area contributed by atoms with Gasteiger partial charge in [0.2, 0.25) is 0 Å². The Kier molecular flexibility index (Phi) is 6.35.